The third-order valence-electron chi connectivity index (χ3n) is 4.02. The maximum atomic E-state index is 11.2. The van der Waals surface area contributed by atoms with Crippen molar-refractivity contribution in [3.05, 3.63) is 10.4 Å². The van der Waals surface area contributed by atoms with Gasteiger partial charge in [-0.2, -0.15) is 0 Å². The quantitative estimate of drug-likeness (QED) is 0.313. The number of ether oxygens (including phenoxy) is 2. The highest BCUT2D eigenvalue weighted by atomic mass is 16.7. The van der Waals surface area contributed by atoms with Crippen LogP contribution < -0.4 is 0 Å². The van der Waals surface area contributed by atoms with Gasteiger partial charge in [-0.05, 0) is 17.4 Å². The first-order valence-electron chi connectivity index (χ1n) is 7.14. The Bertz CT molecular complexity index is 533. The number of nitrogens with zero attached hydrogens (tertiary/aromatic N) is 3. The number of carboxylic acid groups (broad SMARTS) is 3. The van der Waals surface area contributed by atoms with E-state index in [4.69, 9.17) is 30.3 Å². The molecule has 134 valence electrons. The van der Waals surface area contributed by atoms with E-state index in [0.29, 0.717) is 0 Å². The topological polar surface area (TPSA) is 179 Å². The summed E-state index contributed by atoms with van der Waals surface area (Å²) in [6.45, 7) is -0.204. The summed E-state index contributed by atoms with van der Waals surface area (Å²) in [4.78, 5) is 36.0. The maximum Gasteiger partial charge on any atom is 0.303 e. The molecular formula is C13H19N3O8. The van der Waals surface area contributed by atoms with Gasteiger partial charge in [0.15, 0.2) is 6.29 Å². The maximum absolute atomic E-state index is 11.2. The van der Waals surface area contributed by atoms with E-state index in [1.54, 1.807) is 0 Å². The summed E-state index contributed by atoms with van der Waals surface area (Å²) in [5.74, 6) is -6.02. The van der Waals surface area contributed by atoms with Crippen molar-refractivity contribution in [2.45, 2.75) is 31.7 Å². The Balaban J connectivity index is 3.22. The van der Waals surface area contributed by atoms with Crippen LogP contribution in [0.2, 0.25) is 0 Å². The Morgan fingerprint density at radius 1 is 1.04 bits per heavy atom. The van der Waals surface area contributed by atoms with E-state index >= 15 is 0 Å². The molecule has 0 aliphatic carbocycles. The molecule has 1 aliphatic rings. The molecule has 0 aromatic rings. The first-order valence-corrected chi connectivity index (χ1v) is 7.14. The lowest BCUT2D eigenvalue weighted by molar-refractivity contribution is -0.247. The van der Waals surface area contributed by atoms with Gasteiger partial charge in [-0.15, -0.1) is 0 Å². The van der Waals surface area contributed by atoms with Gasteiger partial charge in [-0.3, -0.25) is 14.4 Å². The van der Waals surface area contributed by atoms with Crippen LogP contribution in [0.3, 0.4) is 0 Å². The van der Waals surface area contributed by atoms with E-state index in [9.17, 15) is 14.4 Å². The second kappa shape index (κ2) is 9.06. The van der Waals surface area contributed by atoms with Crippen molar-refractivity contribution in [3.63, 3.8) is 0 Å². The molecule has 1 saturated heterocycles. The van der Waals surface area contributed by atoms with Crippen LogP contribution in [0.4, 0.5) is 0 Å². The minimum atomic E-state index is -1.19. The summed E-state index contributed by atoms with van der Waals surface area (Å²) in [6, 6.07) is 0. The van der Waals surface area contributed by atoms with Crippen LogP contribution in [0, 0.1) is 17.8 Å². The molecule has 0 saturated carbocycles. The van der Waals surface area contributed by atoms with Crippen molar-refractivity contribution in [1.82, 2.24) is 0 Å². The van der Waals surface area contributed by atoms with E-state index in [2.05, 4.69) is 10.0 Å². The zero-order chi connectivity index (χ0) is 18.3. The molecule has 0 bridgehead atoms. The SMILES string of the molecule is COC1OC(CN=[N+]=[N-])C(CC(=O)O)C(CC(=O)O)C1CC(=O)O. The van der Waals surface area contributed by atoms with Crippen LogP contribution in [-0.2, 0) is 23.9 Å². The van der Waals surface area contributed by atoms with Crippen LogP contribution in [0.5, 0.6) is 0 Å². The van der Waals surface area contributed by atoms with Crippen molar-refractivity contribution in [1.29, 1.82) is 0 Å². The molecule has 0 aromatic heterocycles. The van der Waals surface area contributed by atoms with Gasteiger partial charge in [-0.25, -0.2) is 0 Å². The van der Waals surface area contributed by atoms with Crippen LogP contribution in [0.25, 0.3) is 10.4 Å². The second-order valence-corrected chi connectivity index (χ2v) is 5.48. The molecule has 1 rings (SSSR count). The lowest BCUT2D eigenvalue weighted by Gasteiger charge is -2.45. The Kier molecular flexibility index (Phi) is 7.43. The van der Waals surface area contributed by atoms with E-state index in [0.717, 1.165) is 0 Å². The van der Waals surface area contributed by atoms with Gasteiger partial charge in [0, 0.05) is 24.4 Å². The number of rotatable bonds is 9. The minimum absolute atomic E-state index is 0.204. The van der Waals surface area contributed by atoms with Crippen molar-refractivity contribution in [2.75, 3.05) is 13.7 Å². The molecule has 0 radical (unpaired) electrons. The minimum Gasteiger partial charge on any atom is -0.481 e. The molecule has 1 fully saturated rings. The van der Waals surface area contributed by atoms with E-state index in [1.165, 1.54) is 7.11 Å². The average molecular weight is 345 g/mol. The number of carboxylic acids is 3. The molecule has 5 atom stereocenters. The predicted octanol–water partition coefficient (Wildman–Crippen LogP) is 0.941. The summed E-state index contributed by atoms with van der Waals surface area (Å²) < 4.78 is 10.7. The second-order valence-electron chi connectivity index (χ2n) is 5.48. The molecule has 11 nitrogen and oxygen atoms in total. The van der Waals surface area contributed by atoms with Crippen molar-refractivity contribution in [3.8, 4) is 0 Å². The fraction of sp³-hybridized carbons (Fsp3) is 0.769. The normalized spacial score (nSPS) is 29.5. The Morgan fingerprint density at radius 2 is 1.54 bits per heavy atom. The third-order valence-corrected chi connectivity index (χ3v) is 4.02. The molecule has 1 heterocycles. The van der Waals surface area contributed by atoms with Gasteiger partial charge < -0.3 is 24.8 Å². The molecule has 0 amide bonds. The van der Waals surface area contributed by atoms with Gasteiger partial charge in [0.1, 0.15) is 0 Å². The largest absolute Gasteiger partial charge is 0.481 e. The third kappa shape index (κ3) is 5.37. The highest BCUT2D eigenvalue weighted by molar-refractivity contribution is 5.70. The van der Waals surface area contributed by atoms with Crippen LogP contribution in [0.15, 0.2) is 5.11 Å². The molecular weight excluding hydrogens is 326 g/mol. The Hall–Kier alpha value is -2.36. The average Bonchev–Trinajstić information content (AvgIpc) is 2.48. The van der Waals surface area contributed by atoms with E-state index < -0.39 is 67.3 Å². The van der Waals surface area contributed by atoms with Crippen molar-refractivity contribution >= 4 is 17.9 Å². The van der Waals surface area contributed by atoms with E-state index in [1.807, 2.05) is 0 Å². The van der Waals surface area contributed by atoms with Crippen LogP contribution in [0.1, 0.15) is 19.3 Å². The first kappa shape index (κ1) is 19.7. The fourth-order valence-corrected chi connectivity index (χ4v) is 3.13. The monoisotopic (exact) mass is 345 g/mol. The van der Waals surface area contributed by atoms with Gasteiger partial charge in [-0.1, -0.05) is 5.11 Å². The smallest absolute Gasteiger partial charge is 0.303 e. The molecule has 11 heteroatoms. The molecule has 0 spiro atoms. The van der Waals surface area contributed by atoms with Gasteiger partial charge in [0.25, 0.3) is 0 Å². The zero-order valence-corrected chi connectivity index (χ0v) is 12.9. The predicted molar refractivity (Wildman–Crippen MR) is 76.9 cm³/mol. The van der Waals surface area contributed by atoms with Gasteiger partial charge >= 0.3 is 17.9 Å². The fourth-order valence-electron chi connectivity index (χ4n) is 3.13. The Morgan fingerprint density at radius 3 is 2.00 bits per heavy atom. The number of methoxy groups -OCH3 is 1. The number of azide groups is 1. The summed E-state index contributed by atoms with van der Waals surface area (Å²) in [5.41, 5.74) is 8.45. The molecule has 24 heavy (non-hydrogen) atoms. The summed E-state index contributed by atoms with van der Waals surface area (Å²) in [5, 5.41) is 30.7. The molecule has 0 aromatic carbocycles. The highest BCUT2D eigenvalue weighted by Gasteiger charge is 2.47. The number of aliphatic carboxylic acids is 3. The number of carbonyl (C=O) groups is 3. The summed E-state index contributed by atoms with van der Waals surface area (Å²) in [6.07, 6.45) is -3.21. The molecule has 1 aliphatic heterocycles. The molecule has 5 unspecified atom stereocenters. The summed E-state index contributed by atoms with van der Waals surface area (Å²) in [7, 11) is 1.28. The number of hydrogen-bond donors (Lipinski definition) is 3. The van der Waals surface area contributed by atoms with Gasteiger partial charge in [0.2, 0.25) is 0 Å². The number of hydrogen-bond acceptors (Lipinski definition) is 6. The van der Waals surface area contributed by atoms with Gasteiger partial charge in [0.05, 0.1) is 25.5 Å². The van der Waals surface area contributed by atoms with E-state index in [-0.39, 0.29) is 6.54 Å². The Labute approximate surface area is 136 Å². The first-order chi connectivity index (χ1) is 11.3. The van der Waals surface area contributed by atoms with Crippen molar-refractivity contribution in [2.24, 2.45) is 22.9 Å². The standard InChI is InChI=1S/C13H19N3O8/c1-23-13-8(4-12(21)22)6(2-10(17)18)7(3-11(19)20)9(24-13)5-15-16-14/h6-9,13H,2-5H2,1H3,(H,17,18)(H,19,20)(H,21,22). The van der Waals surface area contributed by atoms with Crippen LogP contribution in [-0.4, -0.2) is 59.3 Å². The lowest BCUT2D eigenvalue weighted by Crippen LogP contribution is -2.51. The highest BCUT2D eigenvalue weighted by Crippen LogP contribution is 2.41. The molecule has 3 N–H and O–H groups in total. The summed E-state index contributed by atoms with van der Waals surface area (Å²) >= 11 is 0. The lowest BCUT2D eigenvalue weighted by atomic mass is 9.71. The van der Waals surface area contributed by atoms with Crippen molar-refractivity contribution < 1.29 is 39.2 Å². The van der Waals surface area contributed by atoms with Crippen LogP contribution >= 0.6 is 0 Å². The zero-order valence-electron chi connectivity index (χ0n) is 12.9.